The van der Waals surface area contributed by atoms with Crippen molar-refractivity contribution in [3.8, 4) is 11.3 Å². The maximum atomic E-state index is 14.0. The van der Waals surface area contributed by atoms with E-state index in [1.807, 2.05) is 44.2 Å². The second kappa shape index (κ2) is 7.23. The predicted molar refractivity (Wildman–Crippen MR) is 111 cm³/mol. The molecule has 2 amide bonds. The number of carbonyl (C=O) groups excluding carboxylic acids is 1. The van der Waals surface area contributed by atoms with Gasteiger partial charge in [-0.3, -0.25) is 4.40 Å². The van der Waals surface area contributed by atoms with Crippen LogP contribution in [-0.4, -0.2) is 20.6 Å². The number of aromatic nitrogens is 3. The molecule has 29 heavy (non-hydrogen) atoms. The van der Waals surface area contributed by atoms with Crippen molar-refractivity contribution in [3.63, 3.8) is 0 Å². The smallest absolute Gasteiger partial charge is 0.323 e. The molecule has 4 aromatic rings. The van der Waals surface area contributed by atoms with E-state index in [0.29, 0.717) is 17.3 Å². The van der Waals surface area contributed by atoms with Gasteiger partial charge in [0.25, 0.3) is 0 Å². The summed E-state index contributed by atoms with van der Waals surface area (Å²) in [7, 11) is 0. The van der Waals surface area contributed by atoms with Crippen molar-refractivity contribution in [1.29, 1.82) is 0 Å². The molecule has 0 atom stereocenters. The number of rotatable bonds is 3. The second-order valence-electron chi connectivity index (χ2n) is 6.74. The average Bonchev–Trinajstić information content (AvgIpc) is 3.08. The highest BCUT2D eigenvalue weighted by Gasteiger charge is 2.11. The van der Waals surface area contributed by atoms with E-state index >= 15 is 0 Å². The number of nitrogen functional groups attached to an aromatic ring is 1. The van der Waals surface area contributed by atoms with Gasteiger partial charge in [0.1, 0.15) is 5.82 Å². The van der Waals surface area contributed by atoms with Gasteiger partial charge in [-0.15, -0.1) is 10.2 Å². The molecule has 0 spiro atoms. The van der Waals surface area contributed by atoms with Crippen LogP contribution in [0.25, 0.3) is 16.9 Å². The van der Waals surface area contributed by atoms with E-state index < -0.39 is 11.8 Å². The van der Waals surface area contributed by atoms with Crippen molar-refractivity contribution >= 4 is 29.0 Å². The summed E-state index contributed by atoms with van der Waals surface area (Å²) in [5.74, 6) is -0.175. The van der Waals surface area contributed by atoms with Crippen LogP contribution in [-0.2, 0) is 0 Å². The van der Waals surface area contributed by atoms with Crippen molar-refractivity contribution in [2.45, 2.75) is 13.8 Å². The lowest BCUT2D eigenvalue weighted by Crippen LogP contribution is -2.20. The molecule has 2 aromatic carbocycles. The molecule has 146 valence electrons. The Kier molecular flexibility index (Phi) is 4.59. The molecule has 0 saturated heterocycles. The van der Waals surface area contributed by atoms with E-state index in [9.17, 15) is 9.18 Å². The second-order valence-corrected chi connectivity index (χ2v) is 6.74. The highest BCUT2D eigenvalue weighted by atomic mass is 19.1. The zero-order chi connectivity index (χ0) is 20.5. The first kappa shape index (κ1) is 18.4. The van der Waals surface area contributed by atoms with Gasteiger partial charge in [-0.1, -0.05) is 18.2 Å². The van der Waals surface area contributed by atoms with Crippen LogP contribution in [0.3, 0.4) is 0 Å². The molecule has 0 radical (unpaired) electrons. The average molecular weight is 390 g/mol. The lowest BCUT2D eigenvalue weighted by atomic mass is 10.1. The van der Waals surface area contributed by atoms with Gasteiger partial charge in [0.2, 0.25) is 5.95 Å². The van der Waals surface area contributed by atoms with E-state index in [0.717, 1.165) is 22.4 Å². The van der Waals surface area contributed by atoms with Crippen molar-refractivity contribution in [3.05, 3.63) is 71.5 Å². The molecule has 7 nitrogen and oxygen atoms in total. The molecule has 0 fully saturated rings. The summed E-state index contributed by atoms with van der Waals surface area (Å²) in [4.78, 5) is 12.2. The topological polar surface area (TPSA) is 97.3 Å². The number of anilines is 3. The fraction of sp³-hybridized carbons (Fsp3) is 0.0952. The summed E-state index contributed by atoms with van der Waals surface area (Å²) >= 11 is 0. The van der Waals surface area contributed by atoms with Gasteiger partial charge in [0, 0.05) is 5.69 Å². The molecular weight excluding hydrogens is 371 g/mol. The minimum atomic E-state index is -0.523. The van der Waals surface area contributed by atoms with Gasteiger partial charge < -0.3 is 16.4 Å². The first-order chi connectivity index (χ1) is 13.9. The normalized spacial score (nSPS) is 10.9. The van der Waals surface area contributed by atoms with Gasteiger partial charge in [-0.05, 0) is 66.9 Å². The number of pyridine rings is 1. The van der Waals surface area contributed by atoms with Crippen LogP contribution in [0.5, 0.6) is 0 Å². The third-order valence-corrected chi connectivity index (χ3v) is 4.72. The molecule has 0 aliphatic carbocycles. The summed E-state index contributed by atoms with van der Waals surface area (Å²) in [6.07, 6.45) is 0. The Morgan fingerprint density at radius 1 is 1.00 bits per heavy atom. The molecule has 8 heteroatoms. The van der Waals surface area contributed by atoms with E-state index in [1.165, 1.54) is 6.07 Å². The number of aryl methyl sites for hydroxylation is 2. The van der Waals surface area contributed by atoms with Gasteiger partial charge >= 0.3 is 6.03 Å². The molecule has 2 heterocycles. The maximum absolute atomic E-state index is 14.0. The number of carbonyl (C=O) groups is 1. The van der Waals surface area contributed by atoms with Crippen LogP contribution in [0.4, 0.5) is 26.5 Å². The Morgan fingerprint density at radius 3 is 2.48 bits per heavy atom. The fourth-order valence-electron chi connectivity index (χ4n) is 3.07. The van der Waals surface area contributed by atoms with Crippen LogP contribution in [0.15, 0.2) is 54.6 Å². The summed E-state index contributed by atoms with van der Waals surface area (Å²) in [5.41, 5.74) is 10.7. The highest BCUT2D eigenvalue weighted by Crippen LogP contribution is 2.24. The van der Waals surface area contributed by atoms with Gasteiger partial charge in [0.15, 0.2) is 5.65 Å². The summed E-state index contributed by atoms with van der Waals surface area (Å²) in [6, 6.07) is 15.3. The van der Waals surface area contributed by atoms with E-state index in [1.54, 1.807) is 22.6 Å². The number of fused-ring (bicyclic) bond motifs is 1. The van der Waals surface area contributed by atoms with Gasteiger partial charge in [0.05, 0.1) is 11.4 Å². The minimum absolute atomic E-state index is 0.136. The molecule has 0 saturated carbocycles. The Balaban J connectivity index is 1.52. The van der Waals surface area contributed by atoms with Gasteiger partial charge in [-0.25, -0.2) is 9.18 Å². The van der Waals surface area contributed by atoms with Crippen LogP contribution in [0.2, 0.25) is 0 Å². The van der Waals surface area contributed by atoms with Crippen LogP contribution < -0.4 is 16.4 Å². The lowest BCUT2D eigenvalue weighted by Gasteiger charge is -2.11. The van der Waals surface area contributed by atoms with Crippen molar-refractivity contribution in [2.75, 3.05) is 16.4 Å². The summed E-state index contributed by atoms with van der Waals surface area (Å²) in [5, 5.41) is 13.1. The number of hydrogen-bond acceptors (Lipinski definition) is 4. The zero-order valence-electron chi connectivity index (χ0n) is 15.9. The molecule has 0 bridgehead atoms. The van der Waals surface area contributed by atoms with Crippen molar-refractivity contribution in [1.82, 2.24) is 14.6 Å². The number of hydrogen-bond donors (Lipinski definition) is 3. The fourth-order valence-corrected chi connectivity index (χ4v) is 3.07. The number of amides is 2. The quantitative estimate of drug-likeness (QED) is 0.484. The van der Waals surface area contributed by atoms with E-state index in [-0.39, 0.29) is 5.69 Å². The number of halogens is 1. The first-order valence-electron chi connectivity index (χ1n) is 8.97. The van der Waals surface area contributed by atoms with Crippen LogP contribution in [0.1, 0.15) is 11.1 Å². The number of urea groups is 1. The van der Waals surface area contributed by atoms with Crippen molar-refractivity contribution in [2.24, 2.45) is 0 Å². The van der Waals surface area contributed by atoms with Gasteiger partial charge in [-0.2, -0.15) is 0 Å². The number of nitrogens with zero attached hydrogens (tertiary/aromatic N) is 3. The zero-order valence-corrected chi connectivity index (χ0v) is 15.9. The molecule has 4 rings (SSSR count). The Morgan fingerprint density at radius 2 is 1.72 bits per heavy atom. The Labute approximate surface area is 166 Å². The largest absolute Gasteiger partial charge is 0.368 e. The summed E-state index contributed by atoms with van der Waals surface area (Å²) < 4.78 is 15.8. The van der Waals surface area contributed by atoms with Crippen LogP contribution in [0, 0.1) is 19.7 Å². The Bertz CT molecular complexity index is 1220. The SMILES string of the molecule is Cc1cc(F)c(NC(=O)Nc2ccc(-c3cccc4nnc(N)n34)cc2)cc1C. The maximum Gasteiger partial charge on any atom is 0.323 e. The molecule has 0 unspecified atom stereocenters. The lowest BCUT2D eigenvalue weighted by molar-refractivity contribution is 0.262. The van der Waals surface area contributed by atoms with Crippen LogP contribution >= 0.6 is 0 Å². The van der Waals surface area contributed by atoms with E-state index in [4.69, 9.17) is 5.73 Å². The predicted octanol–water partition coefficient (Wildman–Crippen LogP) is 4.38. The first-order valence-corrected chi connectivity index (χ1v) is 8.97. The van der Waals surface area contributed by atoms with E-state index in [2.05, 4.69) is 20.8 Å². The number of benzene rings is 2. The standard InChI is InChI=1S/C21H19FN6O/c1-12-10-16(22)17(11-13(12)2)25-21(29)24-15-8-6-14(7-9-15)18-4-3-5-19-26-27-20(23)28(18)19/h3-11H,1-2H3,(H2,23,27)(H2,24,25,29). The summed E-state index contributed by atoms with van der Waals surface area (Å²) in [6.45, 7) is 3.68. The molecule has 2 aromatic heterocycles. The van der Waals surface area contributed by atoms with Crippen molar-refractivity contribution < 1.29 is 9.18 Å². The molecule has 0 aliphatic rings. The monoisotopic (exact) mass is 390 g/mol. The number of nitrogens with two attached hydrogens (primary N) is 1. The molecule has 0 aliphatic heterocycles. The molecule has 4 N–H and O–H groups in total. The Hall–Kier alpha value is -3.94. The number of nitrogens with one attached hydrogen (secondary N) is 2. The highest BCUT2D eigenvalue weighted by molar-refractivity contribution is 6.00. The third-order valence-electron chi connectivity index (χ3n) is 4.72. The third kappa shape index (κ3) is 3.60. The minimum Gasteiger partial charge on any atom is -0.368 e. The molecular formula is C21H19FN6O.